The third-order valence-corrected chi connectivity index (χ3v) is 4.67. The SMILES string of the molecule is CC1=C(C2=C(C)C(=O)C(C(C)(C)C)=C2)C=C(C(C)(C)C)C(=O)C1=O. The van der Waals surface area contributed by atoms with E-state index in [2.05, 4.69) is 0 Å². The summed E-state index contributed by atoms with van der Waals surface area (Å²) >= 11 is 0. The second-order valence-corrected chi connectivity index (χ2v) is 8.68. The molecule has 0 aromatic heterocycles. The lowest BCUT2D eigenvalue weighted by Gasteiger charge is -2.26. The Balaban J connectivity index is 2.69. The van der Waals surface area contributed by atoms with Crippen LogP contribution in [0.2, 0.25) is 0 Å². The van der Waals surface area contributed by atoms with E-state index in [1.807, 2.05) is 47.6 Å². The lowest BCUT2D eigenvalue weighted by molar-refractivity contribution is -0.132. The summed E-state index contributed by atoms with van der Waals surface area (Å²) in [6.45, 7) is 15.2. The van der Waals surface area contributed by atoms with Gasteiger partial charge in [-0.15, -0.1) is 0 Å². The molecule has 0 bridgehead atoms. The van der Waals surface area contributed by atoms with Gasteiger partial charge in [-0.25, -0.2) is 0 Å². The third kappa shape index (κ3) is 2.88. The lowest BCUT2D eigenvalue weighted by atomic mass is 9.76. The van der Waals surface area contributed by atoms with E-state index in [4.69, 9.17) is 0 Å². The van der Waals surface area contributed by atoms with Gasteiger partial charge in [-0.2, -0.15) is 0 Å². The first-order valence-electron chi connectivity index (χ1n) is 8.27. The zero-order valence-electron chi connectivity index (χ0n) is 15.9. The number of Topliss-reactive ketones (excluding diaryl/α,β-unsaturated/α-hetero) is 3. The van der Waals surface area contributed by atoms with Gasteiger partial charge >= 0.3 is 0 Å². The maximum absolute atomic E-state index is 12.6. The van der Waals surface area contributed by atoms with Crippen LogP contribution in [0.5, 0.6) is 0 Å². The first kappa shape index (κ1) is 18.3. The summed E-state index contributed by atoms with van der Waals surface area (Å²) in [4.78, 5) is 37.4. The summed E-state index contributed by atoms with van der Waals surface area (Å²) in [6, 6.07) is 0. The van der Waals surface area contributed by atoms with Crippen LogP contribution in [0, 0.1) is 10.8 Å². The highest BCUT2D eigenvalue weighted by atomic mass is 16.2. The normalized spacial score (nSPS) is 20.1. The Kier molecular flexibility index (Phi) is 4.20. The van der Waals surface area contributed by atoms with Crippen LogP contribution in [0.4, 0.5) is 0 Å². The van der Waals surface area contributed by atoms with E-state index in [9.17, 15) is 14.4 Å². The largest absolute Gasteiger partial charge is 0.289 e. The molecule has 0 saturated heterocycles. The Morgan fingerprint density at radius 1 is 0.583 bits per heavy atom. The molecule has 24 heavy (non-hydrogen) atoms. The van der Waals surface area contributed by atoms with Gasteiger partial charge in [-0.1, -0.05) is 41.5 Å². The van der Waals surface area contributed by atoms with Gasteiger partial charge in [0.2, 0.25) is 11.6 Å². The number of rotatable bonds is 1. The first-order chi connectivity index (χ1) is 10.8. The maximum atomic E-state index is 12.6. The molecule has 3 nitrogen and oxygen atoms in total. The molecule has 0 heterocycles. The minimum Gasteiger partial charge on any atom is -0.289 e. The monoisotopic (exact) mass is 326 g/mol. The molecular formula is C21H26O3. The van der Waals surface area contributed by atoms with E-state index in [0.717, 1.165) is 11.1 Å². The zero-order valence-corrected chi connectivity index (χ0v) is 15.9. The summed E-state index contributed by atoms with van der Waals surface area (Å²) in [5.74, 6) is -0.887. The van der Waals surface area contributed by atoms with Gasteiger partial charge in [0.15, 0.2) is 5.78 Å². The fourth-order valence-electron chi connectivity index (χ4n) is 3.05. The van der Waals surface area contributed by atoms with Crippen molar-refractivity contribution in [3.8, 4) is 0 Å². The van der Waals surface area contributed by atoms with Gasteiger partial charge in [0.1, 0.15) is 0 Å². The second kappa shape index (κ2) is 5.51. The third-order valence-electron chi connectivity index (χ3n) is 4.67. The molecule has 2 rings (SSSR count). The summed E-state index contributed by atoms with van der Waals surface area (Å²) in [5, 5.41) is 0. The summed E-state index contributed by atoms with van der Waals surface area (Å²) < 4.78 is 0. The molecule has 0 aromatic carbocycles. The van der Waals surface area contributed by atoms with Crippen molar-refractivity contribution in [2.24, 2.45) is 10.8 Å². The van der Waals surface area contributed by atoms with Crippen LogP contribution >= 0.6 is 0 Å². The van der Waals surface area contributed by atoms with E-state index in [-0.39, 0.29) is 11.2 Å². The molecule has 0 aliphatic heterocycles. The van der Waals surface area contributed by atoms with Crippen LogP contribution < -0.4 is 0 Å². The lowest BCUT2D eigenvalue weighted by Crippen LogP contribution is -2.29. The summed E-state index contributed by atoms with van der Waals surface area (Å²) in [6.07, 6.45) is 3.68. The van der Waals surface area contributed by atoms with Crippen LogP contribution in [0.15, 0.2) is 45.6 Å². The van der Waals surface area contributed by atoms with Crippen LogP contribution in [-0.4, -0.2) is 17.3 Å². The number of hydrogen-bond donors (Lipinski definition) is 0. The summed E-state index contributed by atoms with van der Waals surface area (Å²) in [7, 11) is 0. The number of carbonyl (C=O) groups excluding carboxylic acids is 3. The van der Waals surface area contributed by atoms with Crippen molar-refractivity contribution in [1.29, 1.82) is 0 Å². The van der Waals surface area contributed by atoms with E-state index in [1.54, 1.807) is 19.9 Å². The Morgan fingerprint density at radius 2 is 0.917 bits per heavy atom. The van der Waals surface area contributed by atoms with E-state index in [0.29, 0.717) is 22.3 Å². The topological polar surface area (TPSA) is 51.2 Å². The minimum atomic E-state index is -0.470. The highest BCUT2D eigenvalue weighted by Gasteiger charge is 2.37. The molecule has 0 fully saturated rings. The van der Waals surface area contributed by atoms with Crippen LogP contribution in [0.1, 0.15) is 55.4 Å². The Hall–Kier alpha value is -2.03. The molecule has 0 aromatic rings. The predicted octanol–water partition coefficient (Wildman–Crippen LogP) is 4.30. The number of carbonyl (C=O) groups is 3. The highest BCUT2D eigenvalue weighted by Crippen LogP contribution is 2.41. The van der Waals surface area contributed by atoms with Crippen molar-refractivity contribution in [2.75, 3.05) is 0 Å². The molecule has 2 aliphatic rings. The van der Waals surface area contributed by atoms with Crippen LogP contribution in [0.25, 0.3) is 0 Å². The highest BCUT2D eigenvalue weighted by molar-refractivity contribution is 6.50. The molecule has 0 saturated carbocycles. The fourth-order valence-corrected chi connectivity index (χ4v) is 3.05. The molecule has 0 amide bonds. The van der Waals surface area contributed by atoms with Gasteiger partial charge in [0.05, 0.1) is 0 Å². The van der Waals surface area contributed by atoms with Crippen LogP contribution in [0.3, 0.4) is 0 Å². The Morgan fingerprint density at radius 3 is 1.25 bits per heavy atom. The van der Waals surface area contributed by atoms with Gasteiger partial charge in [-0.05, 0) is 48.0 Å². The van der Waals surface area contributed by atoms with Gasteiger partial charge in [0.25, 0.3) is 0 Å². The van der Waals surface area contributed by atoms with E-state index >= 15 is 0 Å². The average Bonchev–Trinajstić information content (AvgIpc) is 2.72. The maximum Gasteiger partial charge on any atom is 0.229 e. The van der Waals surface area contributed by atoms with Gasteiger partial charge < -0.3 is 0 Å². The Labute approximate surface area is 144 Å². The molecule has 2 aliphatic carbocycles. The summed E-state index contributed by atoms with van der Waals surface area (Å²) in [5.41, 5.74) is 3.08. The molecular weight excluding hydrogens is 300 g/mol. The van der Waals surface area contributed by atoms with Crippen molar-refractivity contribution in [3.63, 3.8) is 0 Å². The number of ketones is 3. The number of allylic oxidation sites excluding steroid dienone is 8. The van der Waals surface area contributed by atoms with Crippen molar-refractivity contribution < 1.29 is 14.4 Å². The molecule has 0 N–H and O–H groups in total. The van der Waals surface area contributed by atoms with Gasteiger partial charge in [-0.3, -0.25) is 14.4 Å². The van der Waals surface area contributed by atoms with E-state index in [1.165, 1.54) is 0 Å². The minimum absolute atomic E-state index is 0.0212. The molecule has 0 radical (unpaired) electrons. The first-order valence-corrected chi connectivity index (χ1v) is 8.27. The zero-order chi connectivity index (χ0) is 18.6. The van der Waals surface area contributed by atoms with Crippen molar-refractivity contribution in [3.05, 3.63) is 45.6 Å². The fraction of sp³-hybridized carbons (Fsp3) is 0.476. The second-order valence-electron chi connectivity index (χ2n) is 8.68. The van der Waals surface area contributed by atoms with Crippen molar-refractivity contribution >= 4 is 17.3 Å². The number of hydrogen-bond acceptors (Lipinski definition) is 3. The standard InChI is InChI=1S/C21H26O3/c1-11-13(9-15(17(11)22)20(3,4)5)14-10-16(21(6,7)8)19(24)18(23)12(14)2/h9-10H,1-8H3. The molecule has 0 spiro atoms. The smallest absolute Gasteiger partial charge is 0.229 e. The van der Waals surface area contributed by atoms with Crippen LogP contribution in [-0.2, 0) is 14.4 Å². The van der Waals surface area contributed by atoms with Crippen molar-refractivity contribution in [1.82, 2.24) is 0 Å². The quantitative estimate of drug-likeness (QED) is 0.533. The van der Waals surface area contributed by atoms with Crippen molar-refractivity contribution in [2.45, 2.75) is 55.4 Å². The Bertz CT molecular complexity index is 782. The average molecular weight is 326 g/mol. The predicted molar refractivity (Wildman–Crippen MR) is 95.5 cm³/mol. The van der Waals surface area contributed by atoms with E-state index < -0.39 is 17.0 Å². The molecule has 128 valence electrons. The van der Waals surface area contributed by atoms with Gasteiger partial charge in [0, 0.05) is 22.3 Å². The molecule has 0 unspecified atom stereocenters. The molecule has 0 atom stereocenters. The molecule has 3 heteroatoms.